The number of piperazine rings is 1. The molecular formula is C14H19N3O2. The maximum Gasteiger partial charge on any atom is 0.239 e. The van der Waals surface area contributed by atoms with Crippen LogP contribution in [0.1, 0.15) is 24.1 Å². The molecule has 1 aliphatic rings. The fourth-order valence-electron chi connectivity index (χ4n) is 2.22. The summed E-state index contributed by atoms with van der Waals surface area (Å²) in [5.74, 6) is -0.160. The third-order valence-corrected chi connectivity index (χ3v) is 3.34. The predicted molar refractivity (Wildman–Crippen MR) is 72.5 cm³/mol. The van der Waals surface area contributed by atoms with E-state index in [1.54, 1.807) is 0 Å². The Hall–Kier alpha value is -1.88. The predicted octanol–water partition coefficient (Wildman–Crippen LogP) is 0.260. The lowest BCUT2D eigenvalue weighted by Crippen LogP contribution is -2.58. The van der Waals surface area contributed by atoms with E-state index in [0.29, 0.717) is 6.54 Å². The van der Waals surface area contributed by atoms with Crippen molar-refractivity contribution < 1.29 is 9.59 Å². The molecule has 1 heterocycles. The van der Waals surface area contributed by atoms with E-state index in [1.807, 2.05) is 38.1 Å². The number of amides is 2. The lowest BCUT2D eigenvalue weighted by Gasteiger charge is -2.25. The lowest BCUT2D eigenvalue weighted by atomic mass is 10.0. The lowest BCUT2D eigenvalue weighted by molar-refractivity contribution is -0.127. The van der Waals surface area contributed by atoms with Crippen LogP contribution in [0.2, 0.25) is 0 Å². The van der Waals surface area contributed by atoms with E-state index in [2.05, 4.69) is 16.0 Å². The van der Waals surface area contributed by atoms with Gasteiger partial charge in [0.1, 0.15) is 6.04 Å². The van der Waals surface area contributed by atoms with Crippen LogP contribution in [0.25, 0.3) is 0 Å². The van der Waals surface area contributed by atoms with Gasteiger partial charge < -0.3 is 10.6 Å². The second-order valence-electron chi connectivity index (χ2n) is 4.82. The van der Waals surface area contributed by atoms with Crippen LogP contribution in [0, 0.1) is 6.92 Å². The van der Waals surface area contributed by atoms with E-state index in [0.717, 1.165) is 11.1 Å². The minimum Gasteiger partial charge on any atom is -0.353 e. The molecule has 102 valence electrons. The van der Waals surface area contributed by atoms with Crippen molar-refractivity contribution >= 4 is 11.8 Å². The maximum atomic E-state index is 12.1. The summed E-state index contributed by atoms with van der Waals surface area (Å²) in [7, 11) is 0. The van der Waals surface area contributed by atoms with Gasteiger partial charge in [-0.05, 0) is 25.0 Å². The molecule has 1 aliphatic heterocycles. The first kappa shape index (κ1) is 13.5. The van der Waals surface area contributed by atoms with Crippen LogP contribution in [0.3, 0.4) is 0 Å². The third kappa shape index (κ3) is 3.32. The third-order valence-electron chi connectivity index (χ3n) is 3.34. The van der Waals surface area contributed by atoms with Gasteiger partial charge in [0.15, 0.2) is 0 Å². The second-order valence-corrected chi connectivity index (χ2v) is 4.82. The molecule has 2 atom stereocenters. The van der Waals surface area contributed by atoms with E-state index in [1.165, 1.54) is 0 Å². The van der Waals surface area contributed by atoms with Crippen molar-refractivity contribution in [2.45, 2.75) is 25.9 Å². The molecule has 0 spiro atoms. The highest BCUT2D eigenvalue weighted by Crippen LogP contribution is 2.16. The van der Waals surface area contributed by atoms with Gasteiger partial charge in [-0.1, -0.05) is 24.3 Å². The number of nitrogens with one attached hydrogen (secondary N) is 3. The highest BCUT2D eigenvalue weighted by Gasteiger charge is 2.24. The summed E-state index contributed by atoms with van der Waals surface area (Å²) in [5, 5.41) is 8.56. The number of carbonyl (C=O) groups is 2. The Kier molecular flexibility index (Phi) is 4.16. The number of hydrogen-bond acceptors (Lipinski definition) is 3. The van der Waals surface area contributed by atoms with E-state index < -0.39 is 0 Å². The van der Waals surface area contributed by atoms with Gasteiger partial charge >= 0.3 is 0 Å². The van der Waals surface area contributed by atoms with Crippen LogP contribution >= 0.6 is 0 Å². The number of hydrogen-bond donors (Lipinski definition) is 3. The zero-order valence-corrected chi connectivity index (χ0v) is 11.2. The molecule has 0 bridgehead atoms. The molecule has 0 aliphatic carbocycles. The Bertz CT molecular complexity index is 477. The molecule has 0 aromatic heterocycles. The average molecular weight is 261 g/mol. The van der Waals surface area contributed by atoms with Gasteiger partial charge in [-0.25, -0.2) is 0 Å². The summed E-state index contributed by atoms with van der Waals surface area (Å²) in [4.78, 5) is 23.1. The van der Waals surface area contributed by atoms with Gasteiger partial charge in [-0.3, -0.25) is 14.9 Å². The molecule has 3 N–H and O–H groups in total. The van der Waals surface area contributed by atoms with Crippen LogP contribution < -0.4 is 16.0 Å². The van der Waals surface area contributed by atoms with Crippen molar-refractivity contribution in [3.05, 3.63) is 35.4 Å². The van der Waals surface area contributed by atoms with Crippen LogP contribution in [0.15, 0.2) is 24.3 Å². The minimum absolute atomic E-state index is 0.0480. The van der Waals surface area contributed by atoms with E-state index in [-0.39, 0.29) is 30.4 Å². The van der Waals surface area contributed by atoms with E-state index in [4.69, 9.17) is 0 Å². The number of carbonyl (C=O) groups excluding carboxylic acids is 2. The van der Waals surface area contributed by atoms with Gasteiger partial charge in [0.05, 0.1) is 12.6 Å². The largest absolute Gasteiger partial charge is 0.353 e. The smallest absolute Gasteiger partial charge is 0.239 e. The molecular weight excluding hydrogens is 242 g/mol. The molecule has 2 unspecified atom stereocenters. The fraction of sp³-hybridized carbons (Fsp3) is 0.429. The Morgan fingerprint density at radius 2 is 2.16 bits per heavy atom. The number of aryl methyl sites for hydroxylation is 1. The van der Waals surface area contributed by atoms with Gasteiger partial charge in [-0.15, -0.1) is 0 Å². The Morgan fingerprint density at radius 3 is 2.79 bits per heavy atom. The molecule has 1 fully saturated rings. The summed E-state index contributed by atoms with van der Waals surface area (Å²) in [6.07, 6.45) is 0. The average Bonchev–Trinajstić information content (AvgIpc) is 2.39. The Morgan fingerprint density at radius 1 is 1.42 bits per heavy atom. The van der Waals surface area contributed by atoms with Gasteiger partial charge in [0.25, 0.3) is 0 Å². The molecule has 1 aromatic carbocycles. The zero-order chi connectivity index (χ0) is 13.8. The second kappa shape index (κ2) is 5.84. The van der Waals surface area contributed by atoms with Crippen molar-refractivity contribution in [2.24, 2.45) is 0 Å². The topological polar surface area (TPSA) is 70.2 Å². The summed E-state index contributed by atoms with van der Waals surface area (Å²) < 4.78 is 0. The molecule has 2 rings (SSSR count). The van der Waals surface area contributed by atoms with Crippen molar-refractivity contribution in [2.75, 3.05) is 13.1 Å². The fourth-order valence-corrected chi connectivity index (χ4v) is 2.22. The van der Waals surface area contributed by atoms with Gasteiger partial charge in [0.2, 0.25) is 11.8 Å². The Balaban J connectivity index is 1.95. The summed E-state index contributed by atoms with van der Waals surface area (Å²) >= 11 is 0. The molecule has 2 amide bonds. The van der Waals surface area contributed by atoms with E-state index >= 15 is 0 Å². The van der Waals surface area contributed by atoms with E-state index in [9.17, 15) is 9.59 Å². The summed E-state index contributed by atoms with van der Waals surface area (Å²) in [6.45, 7) is 4.51. The molecule has 5 nitrogen and oxygen atoms in total. The van der Waals surface area contributed by atoms with Crippen LogP contribution in [-0.4, -0.2) is 30.9 Å². The number of rotatable bonds is 3. The van der Waals surface area contributed by atoms with Gasteiger partial charge in [0, 0.05) is 6.54 Å². The highest BCUT2D eigenvalue weighted by molar-refractivity contribution is 5.86. The maximum absolute atomic E-state index is 12.1. The normalized spacial score (nSPS) is 20.5. The monoisotopic (exact) mass is 261 g/mol. The van der Waals surface area contributed by atoms with Crippen LogP contribution in [-0.2, 0) is 9.59 Å². The molecule has 19 heavy (non-hydrogen) atoms. The minimum atomic E-state index is -0.357. The first-order valence-corrected chi connectivity index (χ1v) is 6.44. The standard InChI is InChI=1S/C14H19N3O2/c1-9-5-3-4-6-11(9)10(2)17-14(19)12-7-16-13(18)8-15-12/h3-6,10,12,15H,7-8H2,1-2H3,(H,16,18)(H,17,19). The quantitative estimate of drug-likeness (QED) is 0.731. The molecule has 0 saturated carbocycles. The molecule has 5 heteroatoms. The van der Waals surface area contributed by atoms with Crippen molar-refractivity contribution in [1.29, 1.82) is 0 Å². The van der Waals surface area contributed by atoms with Crippen molar-refractivity contribution in [1.82, 2.24) is 16.0 Å². The Labute approximate surface area is 112 Å². The van der Waals surface area contributed by atoms with Crippen LogP contribution in [0.4, 0.5) is 0 Å². The first-order valence-electron chi connectivity index (χ1n) is 6.44. The van der Waals surface area contributed by atoms with Gasteiger partial charge in [-0.2, -0.15) is 0 Å². The summed E-state index contributed by atoms with van der Waals surface area (Å²) in [6, 6.07) is 7.57. The first-order chi connectivity index (χ1) is 9.08. The molecule has 1 aromatic rings. The summed E-state index contributed by atoms with van der Waals surface area (Å²) in [5.41, 5.74) is 2.26. The SMILES string of the molecule is Cc1ccccc1C(C)NC(=O)C1CNC(=O)CN1. The highest BCUT2D eigenvalue weighted by atomic mass is 16.2. The molecule has 0 radical (unpaired) electrons. The van der Waals surface area contributed by atoms with Crippen LogP contribution in [0.5, 0.6) is 0 Å². The number of benzene rings is 1. The molecule has 1 saturated heterocycles. The zero-order valence-electron chi connectivity index (χ0n) is 11.2. The van der Waals surface area contributed by atoms with Crippen molar-refractivity contribution in [3.8, 4) is 0 Å². The van der Waals surface area contributed by atoms with Crippen molar-refractivity contribution in [3.63, 3.8) is 0 Å².